The molecule has 0 amide bonds. The lowest BCUT2D eigenvalue weighted by molar-refractivity contribution is -0.142. The molecule has 1 atom stereocenters. The number of methoxy groups -OCH3 is 1. The first-order chi connectivity index (χ1) is 12.3. The van der Waals surface area contributed by atoms with Crippen molar-refractivity contribution in [1.29, 1.82) is 0 Å². The predicted octanol–water partition coefficient (Wildman–Crippen LogP) is 2.50. The van der Waals surface area contributed by atoms with Crippen LogP contribution >= 0.6 is 12.6 Å². The van der Waals surface area contributed by atoms with Crippen molar-refractivity contribution in [3.8, 4) is 5.75 Å². The van der Waals surface area contributed by atoms with E-state index in [4.69, 9.17) is 4.74 Å². The number of carbonyl (C=O) groups is 1. The molecule has 1 N–H and O–H groups in total. The maximum absolute atomic E-state index is 12.3. The second-order valence-electron chi connectivity index (χ2n) is 5.61. The van der Waals surface area contributed by atoms with Gasteiger partial charge in [0.15, 0.2) is 6.61 Å². The van der Waals surface area contributed by atoms with Crippen molar-refractivity contribution in [3.05, 3.63) is 59.7 Å². The van der Waals surface area contributed by atoms with Crippen LogP contribution in [0.25, 0.3) is 0 Å². The van der Waals surface area contributed by atoms with E-state index in [0.29, 0.717) is 5.75 Å². The number of rotatable bonds is 8. The first kappa shape index (κ1) is 20.3. The van der Waals surface area contributed by atoms with Gasteiger partial charge in [-0.05, 0) is 36.8 Å². The summed E-state index contributed by atoms with van der Waals surface area (Å²) in [6, 6.07) is 13.6. The van der Waals surface area contributed by atoms with Gasteiger partial charge in [0.05, 0.1) is 12.0 Å². The van der Waals surface area contributed by atoms with Crippen LogP contribution in [0.3, 0.4) is 0 Å². The van der Waals surface area contributed by atoms with Crippen LogP contribution in [0.4, 0.5) is 0 Å². The van der Waals surface area contributed by atoms with Gasteiger partial charge in [0.2, 0.25) is 10.0 Å². The van der Waals surface area contributed by atoms with Crippen molar-refractivity contribution in [2.45, 2.75) is 17.1 Å². The molecule has 0 aliphatic heterocycles. The van der Waals surface area contributed by atoms with Crippen LogP contribution in [0.15, 0.2) is 53.4 Å². The van der Waals surface area contributed by atoms with E-state index in [0.717, 1.165) is 11.1 Å². The minimum Gasteiger partial charge on any atom is -0.482 e. The highest BCUT2D eigenvalue weighted by atomic mass is 32.2. The minimum absolute atomic E-state index is 0.141. The van der Waals surface area contributed by atoms with E-state index in [9.17, 15) is 13.2 Å². The van der Waals surface area contributed by atoms with Gasteiger partial charge in [0, 0.05) is 11.8 Å². The zero-order valence-electron chi connectivity index (χ0n) is 14.5. The largest absolute Gasteiger partial charge is 0.482 e. The Balaban J connectivity index is 1.93. The van der Waals surface area contributed by atoms with Gasteiger partial charge in [-0.2, -0.15) is 12.6 Å². The molecule has 0 aliphatic rings. The molecular weight excluding hydrogens is 374 g/mol. The Morgan fingerprint density at radius 1 is 1.12 bits per heavy atom. The highest BCUT2D eigenvalue weighted by molar-refractivity contribution is 7.89. The third kappa shape index (κ3) is 5.76. The van der Waals surface area contributed by atoms with Gasteiger partial charge in [0.1, 0.15) is 5.75 Å². The van der Waals surface area contributed by atoms with Crippen LogP contribution < -0.4 is 9.46 Å². The number of benzene rings is 2. The van der Waals surface area contributed by atoms with E-state index in [-0.39, 0.29) is 23.3 Å². The molecule has 2 aromatic carbocycles. The molecule has 0 saturated carbocycles. The minimum atomic E-state index is -3.58. The summed E-state index contributed by atoms with van der Waals surface area (Å²) in [6.45, 7) is 1.87. The van der Waals surface area contributed by atoms with Crippen LogP contribution in [-0.2, 0) is 19.6 Å². The average Bonchev–Trinajstić information content (AvgIpc) is 2.65. The molecule has 140 valence electrons. The number of ether oxygens (including phenoxy) is 2. The first-order valence-corrected chi connectivity index (χ1v) is 9.86. The normalized spacial score (nSPS) is 12.4. The maximum atomic E-state index is 12.3. The molecule has 0 spiro atoms. The Hall–Kier alpha value is -2.03. The van der Waals surface area contributed by atoms with Gasteiger partial charge in [0.25, 0.3) is 0 Å². The maximum Gasteiger partial charge on any atom is 0.343 e. The third-order valence-electron chi connectivity index (χ3n) is 3.65. The Kier molecular flexibility index (Phi) is 7.07. The van der Waals surface area contributed by atoms with Crippen molar-refractivity contribution in [2.75, 3.05) is 20.3 Å². The topological polar surface area (TPSA) is 81.7 Å². The molecule has 8 heteroatoms. The van der Waals surface area contributed by atoms with Crippen LogP contribution in [0.1, 0.15) is 16.4 Å². The molecule has 2 rings (SSSR count). The molecule has 0 heterocycles. The van der Waals surface area contributed by atoms with Crippen molar-refractivity contribution < 1.29 is 22.7 Å². The SMILES string of the molecule is COC(=O)COc1ccc(C(S)CNS(=O)(=O)c2ccc(C)cc2)cc1. The van der Waals surface area contributed by atoms with E-state index in [1.165, 1.54) is 7.11 Å². The molecule has 0 radical (unpaired) electrons. The monoisotopic (exact) mass is 395 g/mol. The number of aryl methyl sites for hydroxylation is 1. The van der Waals surface area contributed by atoms with E-state index in [2.05, 4.69) is 22.1 Å². The lowest BCUT2D eigenvalue weighted by atomic mass is 10.1. The summed E-state index contributed by atoms with van der Waals surface area (Å²) in [5.74, 6) is 0.0478. The van der Waals surface area contributed by atoms with Crippen molar-refractivity contribution in [3.63, 3.8) is 0 Å². The summed E-state index contributed by atoms with van der Waals surface area (Å²) in [6.07, 6.45) is 0. The second-order valence-corrected chi connectivity index (χ2v) is 8.00. The standard InChI is InChI=1S/C18H21NO5S2/c1-13-3-9-16(10-4-13)26(21,22)19-11-17(25)14-5-7-15(8-6-14)24-12-18(20)23-2/h3-10,17,19,25H,11-12H2,1-2H3. The van der Waals surface area contributed by atoms with E-state index < -0.39 is 16.0 Å². The van der Waals surface area contributed by atoms with E-state index in [1.807, 2.05) is 6.92 Å². The van der Waals surface area contributed by atoms with Crippen LogP contribution in [0, 0.1) is 6.92 Å². The Bertz CT molecular complexity index is 833. The van der Waals surface area contributed by atoms with Crippen LogP contribution in [-0.4, -0.2) is 34.6 Å². The Morgan fingerprint density at radius 3 is 2.31 bits per heavy atom. The fourth-order valence-electron chi connectivity index (χ4n) is 2.09. The smallest absolute Gasteiger partial charge is 0.343 e. The number of esters is 1. The summed E-state index contributed by atoms with van der Waals surface area (Å²) < 4.78 is 36.9. The summed E-state index contributed by atoms with van der Waals surface area (Å²) in [4.78, 5) is 11.3. The third-order valence-corrected chi connectivity index (χ3v) is 5.57. The average molecular weight is 396 g/mol. The summed E-state index contributed by atoms with van der Waals surface area (Å²) in [5.41, 5.74) is 1.82. The number of nitrogens with one attached hydrogen (secondary N) is 1. The molecular formula is C18H21NO5S2. The van der Waals surface area contributed by atoms with Crippen LogP contribution in [0.2, 0.25) is 0 Å². The lowest BCUT2D eigenvalue weighted by Gasteiger charge is -2.14. The van der Waals surface area contributed by atoms with Crippen molar-refractivity contribution in [2.24, 2.45) is 0 Å². The Labute approximate surface area is 159 Å². The molecule has 6 nitrogen and oxygen atoms in total. The highest BCUT2D eigenvalue weighted by Crippen LogP contribution is 2.23. The molecule has 0 saturated heterocycles. The van der Waals surface area contributed by atoms with Crippen LogP contribution in [0.5, 0.6) is 5.75 Å². The predicted molar refractivity (Wildman–Crippen MR) is 102 cm³/mol. The number of thiol groups is 1. The van der Waals surface area contributed by atoms with Gasteiger partial charge in [-0.3, -0.25) is 0 Å². The number of carbonyl (C=O) groups excluding carboxylic acids is 1. The van der Waals surface area contributed by atoms with Gasteiger partial charge in [-0.15, -0.1) is 0 Å². The molecule has 1 unspecified atom stereocenters. The van der Waals surface area contributed by atoms with Crippen molar-refractivity contribution in [1.82, 2.24) is 4.72 Å². The lowest BCUT2D eigenvalue weighted by Crippen LogP contribution is -2.27. The van der Waals surface area contributed by atoms with Crippen molar-refractivity contribution >= 4 is 28.6 Å². The Morgan fingerprint density at radius 2 is 1.73 bits per heavy atom. The second kappa shape index (κ2) is 9.07. The zero-order valence-corrected chi connectivity index (χ0v) is 16.2. The molecule has 26 heavy (non-hydrogen) atoms. The quantitative estimate of drug-likeness (QED) is 0.530. The van der Waals surface area contributed by atoms with Gasteiger partial charge < -0.3 is 9.47 Å². The summed E-state index contributed by atoms with van der Waals surface area (Å²) in [7, 11) is -2.29. The fraction of sp³-hybridized carbons (Fsp3) is 0.278. The van der Waals surface area contributed by atoms with Gasteiger partial charge in [-0.1, -0.05) is 29.8 Å². The van der Waals surface area contributed by atoms with E-state index >= 15 is 0 Å². The molecule has 0 bridgehead atoms. The number of sulfonamides is 1. The molecule has 0 fully saturated rings. The zero-order chi connectivity index (χ0) is 19.2. The summed E-state index contributed by atoms with van der Waals surface area (Å²) in [5, 5.41) is -0.329. The molecule has 0 aliphatic carbocycles. The highest BCUT2D eigenvalue weighted by Gasteiger charge is 2.16. The fourth-order valence-corrected chi connectivity index (χ4v) is 3.53. The van der Waals surface area contributed by atoms with E-state index in [1.54, 1.807) is 48.5 Å². The van der Waals surface area contributed by atoms with Gasteiger partial charge in [-0.25, -0.2) is 17.9 Å². The molecule has 0 aromatic heterocycles. The van der Waals surface area contributed by atoms with Gasteiger partial charge >= 0.3 is 5.97 Å². The number of hydrogen-bond donors (Lipinski definition) is 2. The molecule has 2 aromatic rings. The first-order valence-electron chi connectivity index (χ1n) is 7.86. The summed E-state index contributed by atoms with van der Waals surface area (Å²) >= 11 is 4.45. The number of hydrogen-bond acceptors (Lipinski definition) is 6.